The fourth-order valence-electron chi connectivity index (χ4n) is 6.10. The van der Waals surface area contributed by atoms with Crippen molar-refractivity contribution in [2.45, 2.75) is 57.5 Å². The molecule has 1 aromatic carbocycles. The fourth-order valence-corrected chi connectivity index (χ4v) is 7.19. The smallest absolute Gasteiger partial charge is 0.272 e. The van der Waals surface area contributed by atoms with E-state index in [2.05, 4.69) is 15.5 Å². The molecule has 2 saturated carbocycles. The Labute approximate surface area is 195 Å². The van der Waals surface area contributed by atoms with Crippen molar-refractivity contribution in [2.75, 3.05) is 6.54 Å². The second kappa shape index (κ2) is 7.52. The Morgan fingerprint density at radius 3 is 2.70 bits per heavy atom. The molecule has 33 heavy (non-hydrogen) atoms. The Hall–Kier alpha value is -3.00. The molecule has 170 valence electrons. The zero-order valence-electron chi connectivity index (χ0n) is 18.5. The third-order valence-electron chi connectivity index (χ3n) is 7.80. The van der Waals surface area contributed by atoms with Crippen molar-refractivity contribution in [3.63, 3.8) is 0 Å². The highest BCUT2D eigenvalue weighted by Gasteiger charge is 2.54. The predicted molar refractivity (Wildman–Crippen MR) is 126 cm³/mol. The van der Waals surface area contributed by atoms with Gasteiger partial charge in [0.15, 0.2) is 0 Å². The summed E-state index contributed by atoms with van der Waals surface area (Å²) in [5.74, 6) is 0.466. The number of thiophene rings is 1. The second-order valence-corrected chi connectivity index (χ2v) is 10.9. The van der Waals surface area contributed by atoms with E-state index >= 15 is 0 Å². The number of nitrogens with one attached hydrogen (secondary N) is 2. The van der Waals surface area contributed by atoms with E-state index in [4.69, 9.17) is 0 Å². The van der Waals surface area contributed by atoms with Crippen LogP contribution < -0.4 is 10.9 Å². The molecule has 7 nitrogen and oxygen atoms in total. The van der Waals surface area contributed by atoms with Crippen LogP contribution in [0.4, 0.5) is 0 Å². The van der Waals surface area contributed by atoms with Gasteiger partial charge in [0.05, 0.1) is 23.2 Å². The van der Waals surface area contributed by atoms with Crippen LogP contribution in [0.2, 0.25) is 0 Å². The highest BCUT2D eigenvalue weighted by molar-refractivity contribution is 7.10. The number of hydrogen-bond acceptors (Lipinski definition) is 5. The summed E-state index contributed by atoms with van der Waals surface area (Å²) >= 11 is 1.58. The van der Waals surface area contributed by atoms with Crippen LogP contribution in [0.5, 0.6) is 0 Å². The van der Waals surface area contributed by atoms with Crippen molar-refractivity contribution >= 4 is 33.9 Å². The van der Waals surface area contributed by atoms with Crippen LogP contribution >= 0.6 is 11.3 Å². The van der Waals surface area contributed by atoms with Gasteiger partial charge < -0.3 is 10.2 Å². The molecule has 2 amide bonds. The zero-order valence-corrected chi connectivity index (χ0v) is 19.3. The van der Waals surface area contributed by atoms with Crippen molar-refractivity contribution in [1.29, 1.82) is 0 Å². The Morgan fingerprint density at radius 1 is 1.18 bits per heavy atom. The maximum absolute atomic E-state index is 12.9. The van der Waals surface area contributed by atoms with E-state index in [0.717, 1.165) is 59.2 Å². The SMILES string of the molecule is CC(=O)N1CCc2c(C(=O)NC3CC4(C3)CC(c3n[nH]c(=O)c5ccccc35)C4)csc2C1. The number of H-pyrrole nitrogens is 1. The lowest BCUT2D eigenvalue weighted by atomic mass is 9.49. The molecule has 3 aliphatic rings. The minimum absolute atomic E-state index is 0.0211. The van der Waals surface area contributed by atoms with Gasteiger partial charge in [-0.1, -0.05) is 18.2 Å². The van der Waals surface area contributed by atoms with Gasteiger partial charge in [0.1, 0.15) is 0 Å². The minimum Gasteiger partial charge on any atom is -0.349 e. The Bertz CT molecular complexity index is 1330. The number of benzene rings is 1. The average molecular weight is 463 g/mol. The van der Waals surface area contributed by atoms with Gasteiger partial charge in [-0.05, 0) is 49.1 Å². The minimum atomic E-state index is -0.139. The van der Waals surface area contributed by atoms with Crippen molar-refractivity contribution in [3.05, 3.63) is 61.7 Å². The summed E-state index contributed by atoms with van der Waals surface area (Å²) in [4.78, 5) is 39.6. The van der Waals surface area contributed by atoms with Crippen LogP contribution in [0.1, 0.15) is 65.0 Å². The highest BCUT2D eigenvalue weighted by Crippen LogP contribution is 2.62. The summed E-state index contributed by atoms with van der Waals surface area (Å²) in [5, 5.41) is 13.9. The van der Waals surface area contributed by atoms with Gasteiger partial charge in [-0.25, -0.2) is 5.10 Å². The van der Waals surface area contributed by atoms with E-state index in [1.165, 1.54) is 0 Å². The average Bonchev–Trinajstić information content (AvgIpc) is 3.19. The fraction of sp³-hybridized carbons (Fsp3) is 0.440. The Balaban J connectivity index is 1.07. The van der Waals surface area contributed by atoms with Gasteiger partial charge in [-0.2, -0.15) is 5.10 Å². The molecule has 2 N–H and O–H groups in total. The van der Waals surface area contributed by atoms with Gasteiger partial charge in [-0.15, -0.1) is 11.3 Å². The maximum Gasteiger partial charge on any atom is 0.272 e. The molecule has 3 aromatic rings. The lowest BCUT2D eigenvalue weighted by Crippen LogP contribution is -2.55. The van der Waals surface area contributed by atoms with Crippen LogP contribution in [0.25, 0.3) is 10.8 Å². The second-order valence-electron chi connectivity index (χ2n) is 9.91. The summed E-state index contributed by atoms with van der Waals surface area (Å²) in [6.07, 6.45) is 4.85. The largest absolute Gasteiger partial charge is 0.349 e. The molecule has 0 unspecified atom stereocenters. The van der Waals surface area contributed by atoms with E-state index in [1.807, 2.05) is 34.5 Å². The number of fused-ring (bicyclic) bond motifs is 2. The van der Waals surface area contributed by atoms with Crippen LogP contribution in [-0.4, -0.2) is 39.5 Å². The van der Waals surface area contributed by atoms with E-state index in [-0.39, 0.29) is 28.8 Å². The van der Waals surface area contributed by atoms with Crippen LogP contribution in [0, 0.1) is 5.41 Å². The number of hydrogen-bond donors (Lipinski definition) is 2. The lowest BCUT2D eigenvalue weighted by Gasteiger charge is -2.57. The van der Waals surface area contributed by atoms with Crippen LogP contribution in [-0.2, 0) is 17.8 Å². The number of nitrogens with zero attached hydrogens (tertiary/aromatic N) is 2. The standard InChI is InChI=1S/C25H26N4O3S/c1-14(30)29-7-6-17-20(13-33-21(17)12-29)23(31)26-16-10-25(11-16)8-15(9-25)22-18-4-2-3-5-19(18)24(32)28-27-22/h2-5,13,15-16H,6-12H2,1H3,(H,26,31)(H,28,32). The summed E-state index contributed by atoms with van der Waals surface area (Å²) in [5.41, 5.74) is 3.04. The van der Waals surface area contributed by atoms with Crippen LogP contribution in [0.3, 0.4) is 0 Å². The third-order valence-corrected chi connectivity index (χ3v) is 8.82. The summed E-state index contributed by atoms with van der Waals surface area (Å²) in [6.45, 7) is 2.89. The van der Waals surface area contributed by atoms with Gasteiger partial charge >= 0.3 is 0 Å². The van der Waals surface area contributed by atoms with Gasteiger partial charge in [0.25, 0.3) is 11.5 Å². The predicted octanol–water partition coefficient (Wildman–Crippen LogP) is 3.35. The molecular weight excluding hydrogens is 436 g/mol. The van der Waals surface area contributed by atoms with Crippen molar-refractivity contribution < 1.29 is 9.59 Å². The molecule has 2 aromatic heterocycles. The number of aromatic nitrogens is 2. The molecule has 1 aliphatic heterocycles. The van der Waals surface area contributed by atoms with E-state index < -0.39 is 0 Å². The molecular formula is C25H26N4O3S. The number of carbonyl (C=O) groups is 2. The molecule has 0 bridgehead atoms. The lowest BCUT2D eigenvalue weighted by molar-refractivity contribution is -0.129. The molecule has 2 aliphatic carbocycles. The molecule has 0 atom stereocenters. The van der Waals surface area contributed by atoms with E-state index in [9.17, 15) is 14.4 Å². The normalized spacial score (nSPS) is 25.9. The molecule has 3 heterocycles. The number of aromatic amines is 1. The molecule has 6 rings (SSSR count). The first-order valence-electron chi connectivity index (χ1n) is 11.6. The molecule has 1 spiro atoms. The molecule has 0 radical (unpaired) electrons. The highest BCUT2D eigenvalue weighted by atomic mass is 32.1. The topological polar surface area (TPSA) is 95.2 Å². The molecule has 2 fully saturated rings. The summed E-state index contributed by atoms with van der Waals surface area (Å²) < 4.78 is 0. The molecule has 8 heteroatoms. The van der Waals surface area contributed by atoms with Crippen LogP contribution in [0.15, 0.2) is 34.4 Å². The number of carbonyl (C=O) groups excluding carboxylic acids is 2. The maximum atomic E-state index is 12.9. The van der Waals surface area contributed by atoms with Crippen molar-refractivity contribution in [1.82, 2.24) is 20.4 Å². The molecule has 0 saturated heterocycles. The first-order chi connectivity index (χ1) is 15.9. The Morgan fingerprint density at radius 2 is 1.94 bits per heavy atom. The first-order valence-corrected chi connectivity index (χ1v) is 12.4. The first kappa shape index (κ1) is 20.6. The monoisotopic (exact) mass is 462 g/mol. The van der Waals surface area contributed by atoms with Gasteiger partial charge in [0, 0.05) is 41.1 Å². The number of amides is 2. The van der Waals surface area contributed by atoms with E-state index in [1.54, 1.807) is 18.3 Å². The Kier molecular flexibility index (Phi) is 4.69. The summed E-state index contributed by atoms with van der Waals surface area (Å²) in [7, 11) is 0. The van der Waals surface area contributed by atoms with E-state index in [0.29, 0.717) is 24.4 Å². The van der Waals surface area contributed by atoms with Gasteiger partial charge in [0.2, 0.25) is 5.91 Å². The summed E-state index contributed by atoms with van der Waals surface area (Å²) in [6, 6.07) is 7.89. The van der Waals surface area contributed by atoms with Crippen molar-refractivity contribution in [3.8, 4) is 0 Å². The van der Waals surface area contributed by atoms with Gasteiger partial charge in [-0.3, -0.25) is 14.4 Å². The quantitative estimate of drug-likeness (QED) is 0.624. The number of rotatable bonds is 3. The van der Waals surface area contributed by atoms with Crippen molar-refractivity contribution in [2.24, 2.45) is 5.41 Å². The zero-order chi connectivity index (χ0) is 22.7. The third kappa shape index (κ3) is 3.39.